The topological polar surface area (TPSA) is 60.9 Å². The molecule has 34 heavy (non-hydrogen) atoms. The summed E-state index contributed by atoms with van der Waals surface area (Å²) in [4.78, 5) is 17.4. The Morgan fingerprint density at radius 1 is 0.794 bits per heavy atom. The standard InChI is InChI=1S/C27H31N3O3S/c1-22-8-12-24(13-9-22)20-30(34(32,33)26-14-10-23(2)11-15-26)21-27(31)29-18-16-28(17-19-29)25-6-4-3-5-7-25/h3-15H,16-21H2,1-2H3. The van der Waals surface area contributed by atoms with Crippen molar-refractivity contribution in [2.24, 2.45) is 0 Å². The summed E-state index contributed by atoms with van der Waals surface area (Å²) in [5.41, 5.74) is 4.07. The molecule has 0 aliphatic carbocycles. The molecule has 0 atom stereocenters. The fourth-order valence-corrected chi connectivity index (χ4v) is 5.46. The van der Waals surface area contributed by atoms with Crippen molar-refractivity contribution in [2.75, 3.05) is 37.6 Å². The Morgan fingerprint density at radius 2 is 1.35 bits per heavy atom. The molecular formula is C27H31N3O3S. The molecule has 3 aromatic rings. The van der Waals surface area contributed by atoms with Gasteiger partial charge in [0.25, 0.3) is 0 Å². The van der Waals surface area contributed by atoms with Crippen LogP contribution in [0.2, 0.25) is 0 Å². The van der Waals surface area contributed by atoms with E-state index in [1.807, 2.05) is 56.3 Å². The van der Waals surface area contributed by atoms with E-state index in [2.05, 4.69) is 17.0 Å². The number of rotatable bonds is 7. The zero-order chi connectivity index (χ0) is 24.1. The van der Waals surface area contributed by atoms with E-state index in [0.717, 1.165) is 35.5 Å². The van der Waals surface area contributed by atoms with Crippen molar-refractivity contribution in [3.8, 4) is 0 Å². The summed E-state index contributed by atoms with van der Waals surface area (Å²) in [6, 6.07) is 24.6. The van der Waals surface area contributed by atoms with Gasteiger partial charge in [-0.3, -0.25) is 4.79 Å². The first kappa shape index (κ1) is 24.0. The fraction of sp³-hybridized carbons (Fsp3) is 0.296. The van der Waals surface area contributed by atoms with Gasteiger partial charge in [0.15, 0.2) is 0 Å². The van der Waals surface area contributed by atoms with Crippen LogP contribution < -0.4 is 4.90 Å². The molecule has 1 aliphatic rings. The lowest BCUT2D eigenvalue weighted by Gasteiger charge is -2.37. The van der Waals surface area contributed by atoms with Crippen molar-refractivity contribution in [1.82, 2.24) is 9.21 Å². The molecular weight excluding hydrogens is 446 g/mol. The molecule has 1 aliphatic heterocycles. The van der Waals surface area contributed by atoms with Crippen LogP contribution in [0.1, 0.15) is 16.7 Å². The maximum absolute atomic E-state index is 13.5. The summed E-state index contributed by atoms with van der Waals surface area (Å²) in [6.07, 6.45) is 0. The Kier molecular flexibility index (Phi) is 7.34. The third-order valence-electron chi connectivity index (χ3n) is 6.20. The van der Waals surface area contributed by atoms with Crippen LogP contribution in [0.5, 0.6) is 0 Å². The van der Waals surface area contributed by atoms with E-state index < -0.39 is 10.0 Å². The monoisotopic (exact) mass is 477 g/mol. The minimum Gasteiger partial charge on any atom is -0.368 e. The molecule has 0 bridgehead atoms. The molecule has 0 N–H and O–H groups in total. The molecule has 6 nitrogen and oxygen atoms in total. The lowest BCUT2D eigenvalue weighted by Crippen LogP contribution is -2.51. The lowest BCUT2D eigenvalue weighted by molar-refractivity contribution is -0.131. The first-order chi connectivity index (χ1) is 16.3. The van der Waals surface area contributed by atoms with Crippen molar-refractivity contribution in [3.05, 3.63) is 95.6 Å². The summed E-state index contributed by atoms with van der Waals surface area (Å²) in [7, 11) is -3.84. The first-order valence-corrected chi connectivity index (χ1v) is 13.0. The molecule has 0 radical (unpaired) electrons. The van der Waals surface area contributed by atoms with Crippen molar-refractivity contribution in [2.45, 2.75) is 25.3 Å². The minimum absolute atomic E-state index is 0.145. The average Bonchev–Trinajstić information content (AvgIpc) is 2.86. The maximum Gasteiger partial charge on any atom is 0.243 e. The lowest BCUT2D eigenvalue weighted by atomic mass is 10.1. The summed E-state index contributed by atoms with van der Waals surface area (Å²) in [6.45, 7) is 6.44. The largest absolute Gasteiger partial charge is 0.368 e. The van der Waals surface area contributed by atoms with Crippen molar-refractivity contribution < 1.29 is 13.2 Å². The number of sulfonamides is 1. The van der Waals surface area contributed by atoms with Crippen LogP contribution in [0.4, 0.5) is 5.69 Å². The van der Waals surface area contributed by atoms with Gasteiger partial charge in [-0.2, -0.15) is 4.31 Å². The molecule has 1 amide bonds. The predicted molar refractivity (Wildman–Crippen MR) is 135 cm³/mol. The van der Waals surface area contributed by atoms with Crippen LogP contribution in [0.25, 0.3) is 0 Å². The van der Waals surface area contributed by atoms with E-state index in [0.29, 0.717) is 13.1 Å². The van der Waals surface area contributed by atoms with E-state index in [1.165, 1.54) is 4.31 Å². The molecule has 0 aromatic heterocycles. The molecule has 1 saturated heterocycles. The normalized spacial score (nSPS) is 14.4. The fourth-order valence-electron chi connectivity index (χ4n) is 4.09. The number of aryl methyl sites for hydroxylation is 2. The van der Waals surface area contributed by atoms with Gasteiger partial charge in [0.1, 0.15) is 0 Å². The number of benzene rings is 3. The molecule has 1 heterocycles. The molecule has 0 spiro atoms. The summed E-state index contributed by atoms with van der Waals surface area (Å²) in [5, 5.41) is 0. The SMILES string of the molecule is Cc1ccc(CN(CC(=O)N2CCN(c3ccccc3)CC2)S(=O)(=O)c2ccc(C)cc2)cc1. The number of nitrogens with zero attached hydrogens (tertiary/aromatic N) is 3. The number of carbonyl (C=O) groups excluding carboxylic acids is 1. The third kappa shape index (κ3) is 5.66. The van der Waals surface area contributed by atoms with Gasteiger partial charge in [-0.25, -0.2) is 8.42 Å². The molecule has 178 valence electrons. The number of anilines is 1. The second kappa shape index (κ2) is 10.4. The van der Waals surface area contributed by atoms with Crippen molar-refractivity contribution >= 4 is 21.6 Å². The Balaban J connectivity index is 1.50. The van der Waals surface area contributed by atoms with Gasteiger partial charge in [0.2, 0.25) is 15.9 Å². The quantitative estimate of drug-likeness (QED) is 0.519. The molecule has 0 unspecified atom stereocenters. The van der Waals surface area contributed by atoms with E-state index in [9.17, 15) is 13.2 Å². The van der Waals surface area contributed by atoms with Crippen LogP contribution in [0, 0.1) is 13.8 Å². The van der Waals surface area contributed by atoms with Crippen LogP contribution in [0.15, 0.2) is 83.8 Å². The Labute approximate surface area is 202 Å². The highest BCUT2D eigenvalue weighted by Crippen LogP contribution is 2.21. The second-order valence-corrected chi connectivity index (χ2v) is 10.7. The second-order valence-electron chi connectivity index (χ2n) is 8.78. The number of amides is 1. The van der Waals surface area contributed by atoms with E-state index in [4.69, 9.17) is 0 Å². The Morgan fingerprint density at radius 3 is 1.94 bits per heavy atom. The number of hydrogen-bond donors (Lipinski definition) is 0. The Bertz CT molecular complexity index is 1200. The number of hydrogen-bond acceptors (Lipinski definition) is 4. The van der Waals surface area contributed by atoms with Crippen LogP contribution in [-0.2, 0) is 21.4 Å². The van der Waals surface area contributed by atoms with Gasteiger partial charge in [-0.05, 0) is 43.7 Å². The zero-order valence-corrected chi connectivity index (χ0v) is 20.5. The summed E-state index contributed by atoms with van der Waals surface area (Å²) in [5.74, 6) is -0.171. The van der Waals surface area contributed by atoms with Crippen LogP contribution >= 0.6 is 0 Å². The zero-order valence-electron chi connectivity index (χ0n) is 19.7. The first-order valence-electron chi connectivity index (χ1n) is 11.5. The van der Waals surface area contributed by atoms with Gasteiger partial charge in [0.05, 0.1) is 11.4 Å². The van der Waals surface area contributed by atoms with E-state index >= 15 is 0 Å². The van der Waals surface area contributed by atoms with Gasteiger partial charge in [-0.15, -0.1) is 0 Å². The number of para-hydroxylation sites is 1. The number of carbonyl (C=O) groups is 1. The summed E-state index contributed by atoms with van der Waals surface area (Å²) >= 11 is 0. The molecule has 4 rings (SSSR count). The average molecular weight is 478 g/mol. The van der Waals surface area contributed by atoms with E-state index in [1.54, 1.807) is 29.2 Å². The molecule has 0 saturated carbocycles. The van der Waals surface area contributed by atoms with Gasteiger partial charge in [-0.1, -0.05) is 65.7 Å². The predicted octanol–water partition coefficient (Wildman–Crippen LogP) is 3.84. The summed E-state index contributed by atoms with van der Waals surface area (Å²) < 4.78 is 28.3. The minimum atomic E-state index is -3.84. The van der Waals surface area contributed by atoms with Crippen LogP contribution in [-0.4, -0.2) is 56.3 Å². The molecule has 1 fully saturated rings. The highest BCUT2D eigenvalue weighted by atomic mass is 32.2. The maximum atomic E-state index is 13.5. The molecule has 3 aromatic carbocycles. The van der Waals surface area contributed by atoms with Gasteiger partial charge in [0, 0.05) is 38.4 Å². The highest BCUT2D eigenvalue weighted by molar-refractivity contribution is 7.89. The third-order valence-corrected chi connectivity index (χ3v) is 8.01. The van der Waals surface area contributed by atoms with E-state index in [-0.39, 0.29) is 23.9 Å². The van der Waals surface area contributed by atoms with Crippen molar-refractivity contribution in [3.63, 3.8) is 0 Å². The van der Waals surface area contributed by atoms with Crippen molar-refractivity contribution in [1.29, 1.82) is 0 Å². The van der Waals surface area contributed by atoms with Gasteiger partial charge >= 0.3 is 0 Å². The number of piperazine rings is 1. The Hall–Kier alpha value is -3.16. The molecule has 7 heteroatoms. The highest BCUT2D eigenvalue weighted by Gasteiger charge is 2.30. The van der Waals surface area contributed by atoms with Gasteiger partial charge < -0.3 is 9.80 Å². The van der Waals surface area contributed by atoms with Crippen LogP contribution in [0.3, 0.4) is 0 Å². The smallest absolute Gasteiger partial charge is 0.243 e.